The Bertz CT molecular complexity index is 1060. The maximum Gasteiger partial charge on any atom is 0.173 e. The summed E-state index contributed by atoms with van der Waals surface area (Å²) in [6, 6.07) is 5.40. The van der Waals surface area contributed by atoms with Gasteiger partial charge in [-0.2, -0.15) is 0 Å². The molecule has 1 aliphatic heterocycles. The van der Waals surface area contributed by atoms with Crippen LogP contribution in [0.4, 0.5) is 0 Å². The minimum Gasteiger partial charge on any atom is -0.486 e. The highest BCUT2D eigenvalue weighted by Gasteiger charge is 2.23. The summed E-state index contributed by atoms with van der Waals surface area (Å²) in [5.41, 5.74) is 2.04. The Morgan fingerprint density at radius 3 is 3.00 bits per heavy atom. The number of thiophene rings is 1. The van der Waals surface area contributed by atoms with Crippen LogP contribution in [0.2, 0.25) is 0 Å². The van der Waals surface area contributed by atoms with Gasteiger partial charge in [0, 0.05) is 15.8 Å². The Balaban J connectivity index is 1.38. The molecule has 0 radical (unpaired) electrons. The van der Waals surface area contributed by atoms with Gasteiger partial charge in [-0.05, 0) is 48.9 Å². The van der Waals surface area contributed by atoms with Gasteiger partial charge in [0.25, 0.3) is 0 Å². The number of aryl methyl sites for hydroxylation is 1. The number of benzene rings is 1. The number of nitrogens with zero attached hydrogens (tertiary/aromatic N) is 2. The minimum absolute atomic E-state index is 0.0615. The molecule has 0 N–H and O–H groups in total. The predicted octanol–water partition coefficient (Wildman–Crippen LogP) is 4.56. The normalized spacial score (nSPS) is 18.1. The maximum atomic E-state index is 12.8. The zero-order chi connectivity index (χ0) is 19.1. The summed E-state index contributed by atoms with van der Waals surface area (Å²) >= 11 is 3.29. The van der Waals surface area contributed by atoms with Gasteiger partial charge in [-0.1, -0.05) is 18.7 Å². The second kappa shape index (κ2) is 7.37. The lowest BCUT2D eigenvalue weighted by atomic mass is 9.89. The average molecular weight is 413 g/mol. The third kappa shape index (κ3) is 3.26. The summed E-state index contributed by atoms with van der Waals surface area (Å²) in [6.45, 7) is 3.37. The largest absolute Gasteiger partial charge is 0.486 e. The van der Waals surface area contributed by atoms with Crippen molar-refractivity contribution in [2.75, 3.05) is 19.0 Å². The number of hydrogen-bond acceptors (Lipinski definition) is 7. The van der Waals surface area contributed by atoms with Gasteiger partial charge in [0.1, 0.15) is 29.4 Å². The van der Waals surface area contributed by atoms with Crippen molar-refractivity contribution in [3.05, 3.63) is 40.5 Å². The first kappa shape index (κ1) is 17.9. The molecule has 7 heteroatoms. The molecule has 0 spiro atoms. The van der Waals surface area contributed by atoms with E-state index in [1.807, 2.05) is 6.07 Å². The molecule has 0 saturated heterocycles. The molecule has 0 amide bonds. The van der Waals surface area contributed by atoms with Gasteiger partial charge in [0.05, 0.1) is 5.75 Å². The van der Waals surface area contributed by atoms with Crippen LogP contribution in [0.5, 0.6) is 11.5 Å². The average Bonchev–Trinajstić information content (AvgIpc) is 3.09. The summed E-state index contributed by atoms with van der Waals surface area (Å²) in [6.07, 6.45) is 5.02. The van der Waals surface area contributed by atoms with Crippen LogP contribution in [-0.2, 0) is 12.8 Å². The minimum atomic E-state index is 0.0615. The number of carbonyl (C=O) groups excluding carboxylic acids is 1. The van der Waals surface area contributed by atoms with E-state index in [0.29, 0.717) is 36.0 Å². The summed E-state index contributed by atoms with van der Waals surface area (Å²) in [5.74, 6) is 2.47. The fourth-order valence-corrected chi connectivity index (χ4v) is 6.12. The monoisotopic (exact) mass is 412 g/mol. The molecule has 1 aromatic carbocycles. The summed E-state index contributed by atoms with van der Waals surface area (Å²) in [7, 11) is 0. The van der Waals surface area contributed by atoms with Crippen molar-refractivity contribution in [2.45, 2.75) is 31.2 Å². The van der Waals surface area contributed by atoms with Crippen LogP contribution in [0.1, 0.15) is 34.1 Å². The molecule has 5 nitrogen and oxygen atoms in total. The van der Waals surface area contributed by atoms with Crippen molar-refractivity contribution in [3.63, 3.8) is 0 Å². The zero-order valence-electron chi connectivity index (χ0n) is 15.6. The molecule has 144 valence electrons. The van der Waals surface area contributed by atoms with Crippen molar-refractivity contribution in [1.29, 1.82) is 0 Å². The van der Waals surface area contributed by atoms with Crippen molar-refractivity contribution in [3.8, 4) is 11.5 Å². The van der Waals surface area contributed by atoms with E-state index in [0.717, 1.165) is 34.0 Å². The molecule has 1 aliphatic carbocycles. The van der Waals surface area contributed by atoms with Gasteiger partial charge < -0.3 is 9.47 Å². The number of thioether (sulfide) groups is 1. The third-order valence-electron chi connectivity index (χ3n) is 5.26. The van der Waals surface area contributed by atoms with Crippen molar-refractivity contribution >= 4 is 39.1 Å². The summed E-state index contributed by atoms with van der Waals surface area (Å²) < 4.78 is 11.1. The molecule has 2 aromatic heterocycles. The smallest absolute Gasteiger partial charge is 0.173 e. The van der Waals surface area contributed by atoms with E-state index < -0.39 is 0 Å². The molecule has 3 aromatic rings. The van der Waals surface area contributed by atoms with E-state index >= 15 is 0 Å². The highest BCUT2D eigenvalue weighted by atomic mass is 32.2. The van der Waals surface area contributed by atoms with Gasteiger partial charge in [-0.25, -0.2) is 9.97 Å². The van der Waals surface area contributed by atoms with Crippen LogP contribution in [0.3, 0.4) is 0 Å². The first-order valence-electron chi connectivity index (χ1n) is 9.50. The van der Waals surface area contributed by atoms with Gasteiger partial charge in [0.2, 0.25) is 0 Å². The second-order valence-electron chi connectivity index (χ2n) is 7.28. The summed E-state index contributed by atoms with van der Waals surface area (Å²) in [5, 5.41) is 2.08. The maximum absolute atomic E-state index is 12.8. The van der Waals surface area contributed by atoms with Gasteiger partial charge in [-0.3, -0.25) is 4.79 Å². The molecule has 28 heavy (non-hydrogen) atoms. The van der Waals surface area contributed by atoms with Crippen molar-refractivity contribution < 1.29 is 14.3 Å². The van der Waals surface area contributed by atoms with Crippen LogP contribution < -0.4 is 9.47 Å². The molecule has 0 bridgehead atoms. The van der Waals surface area contributed by atoms with Crippen LogP contribution in [0, 0.1) is 5.92 Å². The number of aromatic nitrogens is 2. The van der Waals surface area contributed by atoms with Gasteiger partial charge in [0.15, 0.2) is 17.3 Å². The topological polar surface area (TPSA) is 61.3 Å². The van der Waals surface area contributed by atoms with E-state index in [4.69, 9.17) is 9.47 Å². The zero-order valence-corrected chi connectivity index (χ0v) is 17.2. The molecule has 1 unspecified atom stereocenters. The Kier molecular flexibility index (Phi) is 4.72. The van der Waals surface area contributed by atoms with Crippen LogP contribution in [0.15, 0.2) is 29.6 Å². The Hall–Kier alpha value is -2.12. The lowest BCUT2D eigenvalue weighted by Crippen LogP contribution is -2.16. The summed E-state index contributed by atoms with van der Waals surface area (Å²) in [4.78, 5) is 24.2. The van der Waals surface area contributed by atoms with E-state index in [-0.39, 0.29) is 5.78 Å². The second-order valence-corrected chi connectivity index (χ2v) is 9.33. The fourth-order valence-electron chi connectivity index (χ4n) is 3.79. The lowest BCUT2D eigenvalue weighted by molar-refractivity contribution is 0.102. The molecule has 5 rings (SSSR count). The first-order valence-corrected chi connectivity index (χ1v) is 11.3. The van der Waals surface area contributed by atoms with Crippen LogP contribution >= 0.6 is 23.1 Å². The van der Waals surface area contributed by atoms with Gasteiger partial charge in [-0.15, -0.1) is 11.3 Å². The Morgan fingerprint density at radius 1 is 1.25 bits per heavy atom. The highest BCUT2D eigenvalue weighted by molar-refractivity contribution is 8.00. The molecule has 2 aliphatic rings. The van der Waals surface area contributed by atoms with E-state index in [9.17, 15) is 4.79 Å². The van der Waals surface area contributed by atoms with Gasteiger partial charge >= 0.3 is 0 Å². The predicted molar refractivity (Wildman–Crippen MR) is 111 cm³/mol. The molecule has 1 atom stereocenters. The first-order chi connectivity index (χ1) is 13.7. The number of ketones is 1. The molecule has 0 saturated carbocycles. The number of rotatable bonds is 4. The quantitative estimate of drug-likeness (QED) is 0.356. The lowest BCUT2D eigenvalue weighted by Gasteiger charge is -2.18. The fraction of sp³-hybridized carbons (Fsp3) is 0.381. The number of fused-ring (bicyclic) bond motifs is 4. The Morgan fingerprint density at radius 2 is 2.11 bits per heavy atom. The number of Topliss-reactive ketones (excluding diaryl/α,β-unsaturated/α-hetero) is 1. The molecule has 3 heterocycles. The Labute approximate surface area is 171 Å². The number of ether oxygens (including phenoxy) is 2. The van der Waals surface area contributed by atoms with E-state index in [2.05, 4.69) is 16.9 Å². The third-order valence-corrected chi connectivity index (χ3v) is 7.41. The standard InChI is InChI=1S/C21H20N2O3S2/c1-12-2-4-14-18(8-12)28-21-19(14)20(22-11-23-21)27-10-15(24)13-3-5-16-17(9-13)26-7-6-25-16/h3,5,9,11-12H,2,4,6-8,10H2,1H3. The molecular weight excluding hydrogens is 392 g/mol. The highest BCUT2D eigenvalue weighted by Crippen LogP contribution is 2.40. The van der Waals surface area contributed by atoms with Crippen LogP contribution in [-0.4, -0.2) is 34.7 Å². The number of carbonyl (C=O) groups is 1. The SMILES string of the molecule is CC1CCc2c(sc3ncnc(SCC(=O)c4ccc5c(c4)OCCO5)c23)C1. The van der Waals surface area contributed by atoms with Crippen molar-refractivity contribution in [1.82, 2.24) is 9.97 Å². The van der Waals surface area contributed by atoms with E-state index in [1.54, 1.807) is 29.8 Å². The van der Waals surface area contributed by atoms with Crippen molar-refractivity contribution in [2.24, 2.45) is 5.92 Å². The molecule has 0 fully saturated rings. The molecular formula is C21H20N2O3S2. The number of hydrogen-bond donors (Lipinski definition) is 0. The van der Waals surface area contributed by atoms with E-state index in [1.165, 1.54) is 28.6 Å². The van der Waals surface area contributed by atoms with Crippen LogP contribution in [0.25, 0.3) is 10.2 Å².